The molecule has 0 aliphatic heterocycles. The fourth-order valence-corrected chi connectivity index (χ4v) is 4.00. The molecule has 1 N–H and O–H groups in total. The average Bonchev–Trinajstić information content (AvgIpc) is 2.87. The summed E-state index contributed by atoms with van der Waals surface area (Å²) < 4.78 is 13.2. The van der Waals surface area contributed by atoms with Gasteiger partial charge < -0.3 is 5.32 Å². The summed E-state index contributed by atoms with van der Waals surface area (Å²) in [5.74, 6) is -0.000320. The van der Waals surface area contributed by atoms with E-state index in [1.54, 1.807) is 0 Å². The lowest BCUT2D eigenvalue weighted by Crippen LogP contribution is -2.16. The number of carbonyl (C=O) groups excluding carboxylic acids is 1. The van der Waals surface area contributed by atoms with Crippen LogP contribution in [0.5, 0.6) is 0 Å². The molecule has 0 bridgehead atoms. The zero-order valence-electron chi connectivity index (χ0n) is 15.2. The van der Waals surface area contributed by atoms with E-state index in [1.165, 1.54) is 29.5 Å². The molecule has 3 aromatic rings. The topological polar surface area (TPSA) is 54.9 Å². The van der Waals surface area contributed by atoms with Crippen LogP contribution in [0.3, 0.4) is 0 Å². The van der Waals surface area contributed by atoms with E-state index in [0.717, 1.165) is 27.3 Å². The van der Waals surface area contributed by atoms with Crippen LogP contribution in [-0.4, -0.2) is 15.9 Å². The van der Waals surface area contributed by atoms with Gasteiger partial charge in [-0.15, -0.1) is 11.3 Å². The van der Waals surface area contributed by atoms with Gasteiger partial charge in [0.15, 0.2) is 0 Å². The monoisotopic (exact) mass is 391 g/mol. The molecule has 0 saturated heterocycles. The second kappa shape index (κ2) is 6.59. The van der Waals surface area contributed by atoms with Gasteiger partial charge in [-0.25, -0.2) is 14.4 Å². The van der Waals surface area contributed by atoms with E-state index >= 15 is 0 Å². The molecule has 2 aromatic heterocycles. The fraction of sp³-hybridized carbons (Fsp3) is 0.316. The lowest BCUT2D eigenvalue weighted by molar-refractivity contribution is 0.103. The molecule has 0 fully saturated rings. The molecule has 0 radical (unpaired) electrons. The first-order valence-corrected chi connectivity index (χ1v) is 9.32. The molecule has 0 aliphatic rings. The predicted molar refractivity (Wildman–Crippen MR) is 105 cm³/mol. The fourth-order valence-electron chi connectivity index (χ4n) is 2.66. The first-order valence-electron chi connectivity index (χ1n) is 8.12. The molecule has 1 amide bonds. The Morgan fingerprint density at radius 3 is 2.54 bits per heavy atom. The van der Waals surface area contributed by atoms with Crippen LogP contribution in [-0.2, 0) is 5.41 Å². The van der Waals surface area contributed by atoms with Gasteiger partial charge in [-0.05, 0) is 37.6 Å². The van der Waals surface area contributed by atoms with Crippen molar-refractivity contribution < 1.29 is 9.18 Å². The van der Waals surface area contributed by atoms with E-state index in [2.05, 4.69) is 36.1 Å². The van der Waals surface area contributed by atoms with Gasteiger partial charge in [0.1, 0.15) is 16.5 Å². The van der Waals surface area contributed by atoms with Crippen molar-refractivity contribution in [3.63, 3.8) is 0 Å². The molecule has 7 heteroatoms. The Bertz CT molecular complexity index is 1020. The number of anilines is 1. The summed E-state index contributed by atoms with van der Waals surface area (Å²) >= 11 is 7.33. The molecule has 1 aromatic carbocycles. The molecule has 26 heavy (non-hydrogen) atoms. The zero-order chi connectivity index (χ0) is 19.2. The molecule has 0 atom stereocenters. The number of nitrogens with one attached hydrogen (secondary N) is 1. The van der Waals surface area contributed by atoms with Crippen molar-refractivity contribution in [2.24, 2.45) is 0 Å². The maximum absolute atomic E-state index is 13.2. The molecule has 0 unspecified atom stereocenters. The third kappa shape index (κ3) is 3.44. The number of halogens is 2. The normalized spacial score (nSPS) is 11.8. The molecular weight excluding hydrogens is 373 g/mol. The minimum absolute atomic E-state index is 0.156. The molecule has 0 saturated carbocycles. The van der Waals surface area contributed by atoms with Crippen LogP contribution in [0.15, 0.2) is 18.2 Å². The Hall–Kier alpha value is -2.05. The third-order valence-electron chi connectivity index (χ3n) is 4.03. The number of carbonyl (C=O) groups is 1. The zero-order valence-corrected chi connectivity index (χ0v) is 16.8. The standard InChI is InChI=1S/C19H19ClFN3OS/c1-9-14-10(2)22-18(19(3,4)5)24-17(14)26-15(9)16(25)23-13-7-6-11(21)8-12(13)20/h6-8H,1-5H3,(H,23,25). The van der Waals surface area contributed by atoms with Crippen LogP contribution in [0.2, 0.25) is 5.02 Å². The first kappa shape index (κ1) is 18.7. The number of aryl methyl sites for hydroxylation is 2. The summed E-state index contributed by atoms with van der Waals surface area (Å²) in [6.45, 7) is 9.97. The SMILES string of the molecule is Cc1nc(C(C)(C)C)nc2sc(C(=O)Nc3ccc(F)cc3Cl)c(C)c12. The second-order valence-electron chi connectivity index (χ2n) is 7.20. The number of nitrogens with zero attached hydrogens (tertiary/aromatic N) is 2. The van der Waals surface area contributed by atoms with Gasteiger partial charge in [0, 0.05) is 10.8 Å². The highest BCUT2D eigenvalue weighted by Gasteiger charge is 2.23. The summed E-state index contributed by atoms with van der Waals surface area (Å²) in [4.78, 5) is 23.3. The largest absolute Gasteiger partial charge is 0.320 e. The predicted octanol–water partition coefficient (Wildman–Crippen LogP) is 5.65. The van der Waals surface area contributed by atoms with Gasteiger partial charge in [-0.3, -0.25) is 4.79 Å². The van der Waals surface area contributed by atoms with E-state index in [-0.39, 0.29) is 16.3 Å². The van der Waals surface area contributed by atoms with Crippen molar-refractivity contribution in [2.45, 2.75) is 40.0 Å². The van der Waals surface area contributed by atoms with Gasteiger partial charge in [-0.2, -0.15) is 0 Å². The van der Waals surface area contributed by atoms with Crippen LogP contribution in [0, 0.1) is 19.7 Å². The van der Waals surface area contributed by atoms with E-state index in [0.29, 0.717) is 10.6 Å². The lowest BCUT2D eigenvalue weighted by Gasteiger charge is -2.16. The van der Waals surface area contributed by atoms with Crippen molar-refractivity contribution in [2.75, 3.05) is 5.32 Å². The number of fused-ring (bicyclic) bond motifs is 1. The number of hydrogen-bond donors (Lipinski definition) is 1. The van der Waals surface area contributed by atoms with Gasteiger partial charge >= 0.3 is 0 Å². The Balaban J connectivity index is 2.03. The average molecular weight is 392 g/mol. The molecule has 0 aliphatic carbocycles. The van der Waals surface area contributed by atoms with Crippen molar-refractivity contribution in [3.8, 4) is 0 Å². The van der Waals surface area contributed by atoms with Gasteiger partial charge in [0.2, 0.25) is 0 Å². The van der Waals surface area contributed by atoms with Crippen molar-refractivity contribution >= 4 is 44.7 Å². The minimum atomic E-state index is -0.452. The van der Waals surface area contributed by atoms with Crippen molar-refractivity contribution in [1.29, 1.82) is 0 Å². The number of aromatic nitrogens is 2. The third-order valence-corrected chi connectivity index (χ3v) is 5.52. The summed E-state index contributed by atoms with van der Waals surface area (Å²) in [6, 6.07) is 3.87. The molecule has 0 spiro atoms. The Kier molecular flexibility index (Phi) is 4.75. The molecule has 136 valence electrons. The number of amides is 1. The smallest absolute Gasteiger partial charge is 0.266 e. The minimum Gasteiger partial charge on any atom is -0.320 e. The van der Waals surface area contributed by atoms with Crippen LogP contribution in [0.1, 0.15) is 47.5 Å². The van der Waals surface area contributed by atoms with Gasteiger partial charge in [-0.1, -0.05) is 32.4 Å². The van der Waals surface area contributed by atoms with Crippen LogP contribution < -0.4 is 5.32 Å². The molecule has 4 nitrogen and oxygen atoms in total. The lowest BCUT2D eigenvalue weighted by atomic mass is 9.95. The van der Waals surface area contributed by atoms with Gasteiger partial charge in [0.25, 0.3) is 5.91 Å². The van der Waals surface area contributed by atoms with E-state index < -0.39 is 5.82 Å². The molecule has 2 heterocycles. The summed E-state index contributed by atoms with van der Waals surface area (Å²) in [5, 5.41) is 3.80. The summed E-state index contributed by atoms with van der Waals surface area (Å²) in [5.41, 5.74) is 1.88. The number of benzene rings is 1. The molecule has 3 rings (SSSR count). The van der Waals surface area contributed by atoms with E-state index in [9.17, 15) is 9.18 Å². The quantitative estimate of drug-likeness (QED) is 0.614. The van der Waals surface area contributed by atoms with Gasteiger partial charge in [0.05, 0.1) is 21.3 Å². The maximum atomic E-state index is 13.2. The van der Waals surface area contributed by atoms with Crippen molar-refractivity contribution in [3.05, 3.63) is 51.0 Å². The van der Waals surface area contributed by atoms with Crippen LogP contribution >= 0.6 is 22.9 Å². The Morgan fingerprint density at radius 1 is 1.23 bits per heavy atom. The number of hydrogen-bond acceptors (Lipinski definition) is 4. The molecular formula is C19H19ClFN3OS. The highest BCUT2D eigenvalue weighted by atomic mass is 35.5. The number of thiophene rings is 1. The highest BCUT2D eigenvalue weighted by Crippen LogP contribution is 2.34. The second-order valence-corrected chi connectivity index (χ2v) is 8.60. The highest BCUT2D eigenvalue weighted by molar-refractivity contribution is 7.20. The summed E-state index contributed by atoms with van der Waals surface area (Å²) in [7, 11) is 0. The van der Waals surface area contributed by atoms with Crippen LogP contribution in [0.25, 0.3) is 10.2 Å². The van der Waals surface area contributed by atoms with Crippen molar-refractivity contribution in [1.82, 2.24) is 9.97 Å². The summed E-state index contributed by atoms with van der Waals surface area (Å²) in [6.07, 6.45) is 0. The van der Waals surface area contributed by atoms with E-state index in [4.69, 9.17) is 11.6 Å². The van der Waals surface area contributed by atoms with Crippen LogP contribution in [0.4, 0.5) is 10.1 Å². The Morgan fingerprint density at radius 2 is 1.92 bits per heavy atom. The number of rotatable bonds is 2. The maximum Gasteiger partial charge on any atom is 0.266 e. The Labute approximate surface area is 160 Å². The first-order chi connectivity index (χ1) is 12.1. The van der Waals surface area contributed by atoms with E-state index in [1.807, 2.05) is 13.8 Å².